The Labute approximate surface area is 89.8 Å². The van der Waals surface area contributed by atoms with Crippen molar-refractivity contribution >= 4 is 16.1 Å². The van der Waals surface area contributed by atoms with Crippen LogP contribution in [0.4, 0.5) is 0 Å². The summed E-state index contributed by atoms with van der Waals surface area (Å²) >= 11 is 0. The van der Waals surface area contributed by atoms with Gasteiger partial charge in [0.2, 0.25) is 0 Å². The first-order chi connectivity index (χ1) is 6.87. The van der Waals surface area contributed by atoms with Gasteiger partial charge in [0.05, 0.1) is 4.75 Å². The third-order valence-electron chi connectivity index (χ3n) is 2.76. The van der Waals surface area contributed by atoms with Gasteiger partial charge in [-0.3, -0.25) is 4.89 Å². The van der Waals surface area contributed by atoms with Crippen molar-refractivity contribution in [2.24, 2.45) is 0 Å². The molecule has 0 aromatic rings. The maximum absolute atomic E-state index is 11.7. The predicted molar refractivity (Wildman–Crippen MR) is 53.3 cm³/mol. The fraction of sp³-hybridized carbons (Fsp3) is 0.889. The van der Waals surface area contributed by atoms with Gasteiger partial charge in [-0.25, -0.2) is 4.79 Å². The van der Waals surface area contributed by atoms with Gasteiger partial charge >= 0.3 is 16.1 Å². The molecule has 1 fully saturated rings. The fourth-order valence-electron chi connectivity index (χ4n) is 1.72. The molecule has 88 valence electrons. The molecule has 0 spiro atoms. The van der Waals surface area contributed by atoms with Crippen LogP contribution in [0.15, 0.2) is 0 Å². The van der Waals surface area contributed by atoms with Gasteiger partial charge < -0.3 is 0 Å². The topological polar surface area (TPSA) is 69.7 Å². The van der Waals surface area contributed by atoms with Crippen molar-refractivity contribution in [3.8, 4) is 0 Å². The molecule has 1 aliphatic rings. The fourth-order valence-corrected chi connectivity index (χ4v) is 2.86. The van der Waals surface area contributed by atoms with Gasteiger partial charge in [0.15, 0.2) is 0 Å². The van der Waals surface area contributed by atoms with Gasteiger partial charge in [-0.05, 0) is 19.8 Å². The summed E-state index contributed by atoms with van der Waals surface area (Å²) in [5, 5.41) is 0. The molecule has 0 atom stereocenters. The average Bonchev–Trinajstić information content (AvgIpc) is 2.16. The first-order valence-electron chi connectivity index (χ1n) is 4.99. The van der Waals surface area contributed by atoms with Gasteiger partial charge in [-0.15, -0.1) is 0 Å². The summed E-state index contributed by atoms with van der Waals surface area (Å²) in [4.78, 5) is 14.6. The van der Waals surface area contributed by atoms with Crippen LogP contribution in [0.1, 0.15) is 46.0 Å². The zero-order valence-corrected chi connectivity index (χ0v) is 9.80. The maximum Gasteiger partial charge on any atom is 0.340 e. The van der Waals surface area contributed by atoms with E-state index in [0.717, 1.165) is 26.2 Å². The summed E-state index contributed by atoms with van der Waals surface area (Å²) in [6.45, 7) is 2.73. The smallest absolute Gasteiger partial charge is 0.282 e. The van der Waals surface area contributed by atoms with Crippen molar-refractivity contribution in [3.63, 3.8) is 0 Å². The summed E-state index contributed by atoms with van der Waals surface area (Å²) in [7, 11) is -3.82. The Balaban J connectivity index is 2.70. The first kappa shape index (κ1) is 12.4. The van der Waals surface area contributed by atoms with E-state index in [4.69, 9.17) is 0 Å². The lowest BCUT2D eigenvalue weighted by molar-refractivity contribution is -0.209. The molecule has 0 saturated heterocycles. The van der Waals surface area contributed by atoms with Crippen molar-refractivity contribution in [1.82, 2.24) is 0 Å². The number of carbonyl (C=O) groups excluding carboxylic acids is 1. The summed E-state index contributed by atoms with van der Waals surface area (Å²) in [5.41, 5.74) is 0. The lowest BCUT2D eigenvalue weighted by atomic mass is 9.90. The van der Waals surface area contributed by atoms with Crippen LogP contribution < -0.4 is 0 Å². The van der Waals surface area contributed by atoms with Crippen molar-refractivity contribution in [3.05, 3.63) is 0 Å². The largest absolute Gasteiger partial charge is 0.340 e. The monoisotopic (exact) mass is 236 g/mol. The van der Waals surface area contributed by atoms with E-state index in [9.17, 15) is 13.2 Å². The summed E-state index contributed by atoms with van der Waals surface area (Å²) in [5.74, 6) is -0.766. The Kier molecular flexibility index (Phi) is 3.72. The van der Waals surface area contributed by atoms with Crippen LogP contribution in [0.2, 0.25) is 0 Å². The Hall–Kier alpha value is -0.620. The van der Waals surface area contributed by atoms with Crippen molar-refractivity contribution < 1.29 is 22.4 Å². The second-order valence-electron chi connectivity index (χ2n) is 4.11. The van der Waals surface area contributed by atoms with Crippen LogP contribution in [-0.2, 0) is 24.1 Å². The van der Waals surface area contributed by atoms with Gasteiger partial charge in [-0.2, -0.15) is 8.42 Å². The first-order valence-corrected chi connectivity index (χ1v) is 6.39. The molecule has 0 aliphatic heterocycles. The van der Waals surface area contributed by atoms with E-state index in [0.29, 0.717) is 12.8 Å². The highest BCUT2D eigenvalue weighted by Crippen LogP contribution is 2.35. The third kappa shape index (κ3) is 2.92. The van der Waals surface area contributed by atoms with Crippen LogP contribution in [-0.4, -0.2) is 19.1 Å². The molecule has 1 aliphatic carbocycles. The minimum absolute atomic E-state index is 0.552. The van der Waals surface area contributed by atoms with E-state index >= 15 is 0 Å². The van der Waals surface area contributed by atoms with Crippen LogP contribution >= 0.6 is 0 Å². The van der Waals surface area contributed by atoms with E-state index in [-0.39, 0.29) is 0 Å². The van der Waals surface area contributed by atoms with Crippen LogP contribution in [0.25, 0.3) is 0 Å². The molecule has 0 heterocycles. The van der Waals surface area contributed by atoms with E-state index in [2.05, 4.69) is 9.22 Å². The zero-order valence-electron chi connectivity index (χ0n) is 8.99. The molecule has 0 amide bonds. The molecule has 0 N–H and O–H groups in total. The van der Waals surface area contributed by atoms with Crippen molar-refractivity contribution in [2.75, 3.05) is 0 Å². The SMILES string of the molecule is CC(=O)OOS(=O)(=O)C1(C)CCCCC1. The van der Waals surface area contributed by atoms with Gasteiger partial charge in [0.1, 0.15) is 0 Å². The number of rotatable bonds is 3. The van der Waals surface area contributed by atoms with Gasteiger partial charge in [0, 0.05) is 6.92 Å². The highest BCUT2D eigenvalue weighted by Gasteiger charge is 2.42. The number of carbonyl (C=O) groups is 1. The highest BCUT2D eigenvalue weighted by molar-refractivity contribution is 7.88. The van der Waals surface area contributed by atoms with E-state index in [1.165, 1.54) is 0 Å². The lowest BCUT2D eigenvalue weighted by Crippen LogP contribution is -2.38. The van der Waals surface area contributed by atoms with E-state index in [1.54, 1.807) is 6.92 Å². The minimum atomic E-state index is -3.82. The predicted octanol–water partition coefficient (Wildman–Crippen LogP) is 1.53. The standard InChI is InChI=1S/C9H16O5S/c1-8(10)13-14-15(11,12)9(2)6-4-3-5-7-9/h3-7H2,1-2H3. The Bertz CT molecular complexity index is 326. The molecule has 0 unspecified atom stereocenters. The van der Waals surface area contributed by atoms with E-state index in [1.807, 2.05) is 0 Å². The molecule has 0 bridgehead atoms. The Morgan fingerprint density at radius 2 is 1.73 bits per heavy atom. The normalized spacial score (nSPS) is 20.9. The summed E-state index contributed by atoms with van der Waals surface area (Å²) < 4.78 is 26.8. The summed E-state index contributed by atoms with van der Waals surface area (Å²) in [6, 6.07) is 0. The molecule has 0 aromatic carbocycles. The van der Waals surface area contributed by atoms with Gasteiger partial charge in [0.25, 0.3) is 0 Å². The minimum Gasteiger partial charge on any atom is -0.282 e. The molecule has 1 rings (SSSR count). The molecular weight excluding hydrogens is 220 g/mol. The third-order valence-corrected chi connectivity index (χ3v) is 4.62. The molecule has 0 aromatic heterocycles. The van der Waals surface area contributed by atoms with Crippen LogP contribution in [0, 0.1) is 0 Å². The van der Waals surface area contributed by atoms with Crippen LogP contribution in [0.3, 0.4) is 0 Å². The molecule has 1 saturated carbocycles. The molecule has 5 nitrogen and oxygen atoms in total. The van der Waals surface area contributed by atoms with Gasteiger partial charge in [-0.1, -0.05) is 23.6 Å². The Morgan fingerprint density at radius 1 is 1.20 bits per heavy atom. The number of hydrogen-bond acceptors (Lipinski definition) is 5. The number of hydrogen-bond donors (Lipinski definition) is 0. The second kappa shape index (κ2) is 4.49. The van der Waals surface area contributed by atoms with Crippen molar-refractivity contribution in [1.29, 1.82) is 0 Å². The molecule has 0 radical (unpaired) electrons. The van der Waals surface area contributed by atoms with Crippen LogP contribution in [0.5, 0.6) is 0 Å². The maximum atomic E-state index is 11.7. The molecule has 15 heavy (non-hydrogen) atoms. The average molecular weight is 236 g/mol. The summed E-state index contributed by atoms with van der Waals surface area (Å²) in [6.07, 6.45) is 3.87. The Morgan fingerprint density at radius 3 is 2.20 bits per heavy atom. The van der Waals surface area contributed by atoms with Crippen molar-refractivity contribution in [2.45, 2.75) is 50.7 Å². The van der Waals surface area contributed by atoms with E-state index < -0.39 is 20.8 Å². The highest BCUT2D eigenvalue weighted by atomic mass is 32.2. The quantitative estimate of drug-likeness (QED) is 0.549. The lowest BCUT2D eigenvalue weighted by Gasteiger charge is -2.30. The zero-order chi connectivity index (χ0) is 11.5. The second-order valence-corrected chi connectivity index (χ2v) is 6.14. The molecule has 6 heteroatoms. The molecular formula is C9H16O5S.